The molecule has 0 unspecified atom stereocenters. The van der Waals surface area contributed by atoms with Crippen molar-refractivity contribution >= 4 is 5.69 Å². The van der Waals surface area contributed by atoms with Gasteiger partial charge < -0.3 is 10.5 Å². The van der Waals surface area contributed by atoms with E-state index < -0.39 is 0 Å². The van der Waals surface area contributed by atoms with Crippen molar-refractivity contribution in [3.63, 3.8) is 0 Å². The Morgan fingerprint density at radius 1 is 0.941 bits per heavy atom. The highest BCUT2D eigenvalue weighted by molar-refractivity contribution is 5.66. The summed E-state index contributed by atoms with van der Waals surface area (Å²) in [5, 5.41) is 0. The first-order valence-electron chi connectivity index (χ1n) is 5.78. The third-order valence-electron chi connectivity index (χ3n) is 2.45. The number of benzene rings is 2. The van der Waals surface area contributed by atoms with Gasteiger partial charge in [0.1, 0.15) is 5.75 Å². The van der Waals surface area contributed by atoms with Crippen LogP contribution in [0.15, 0.2) is 48.5 Å². The number of hydrogen-bond donors (Lipinski definition) is 1. The van der Waals surface area contributed by atoms with Crippen molar-refractivity contribution in [3.8, 4) is 16.9 Å². The molecule has 0 spiro atoms. The van der Waals surface area contributed by atoms with Crippen molar-refractivity contribution in [2.24, 2.45) is 0 Å². The van der Waals surface area contributed by atoms with Gasteiger partial charge >= 0.3 is 0 Å². The predicted molar refractivity (Wildman–Crippen MR) is 72.1 cm³/mol. The van der Waals surface area contributed by atoms with Gasteiger partial charge in [0.15, 0.2) is 0 Å². The molecule has 0 fully saturated rings. The van der Waals surface area contributed by atoms with E-state index in [1.165, 1.54) is 0 Å². The zero-order chi connectivity index (χ0) is 12.3. The van der Waals surface area contributed by atoms with Crippen LogP contribution in [-0.4, -0.2) is 6.10 Å². The highest BCUT2D eigenvalue weighted by Crippen LogP contribution is 2.25. The average Bonchev–Trinajstić information content (AvgIpc) is 2.29. The third kappa shape index (κ3) is 3.00. The summed E-state index contributed by atoms with van der Waals surface area (Å²) in [5.41, 5.74) is 8.75. The molecule has 0 aromatic heterocycles. The Morgan fingerprint density at radius 2 is 1.65 bits per heavy atom. The lowest BCUT2D eigenvalue weighted by molar-refractivity contribution is 0.242. The number of anilines is 1. The molecule has 0 aliphatic rings. The number of ether oxygens (including phenoxy) is 1. The van der Waals surface area contributed by atoms with Crippen LogP contribution >= 0.6 is 0 Å². The standard InChI is InChI=1S/C15H17NO/c1-11(2)17-15-5-3-4-13(10-15)12-6-8-14(16)9-7-12/h3-11H,16H2,1-2H3. The largest absolute Gasteiger partial charge is 0.491 e. The van der Waals surface area contributed by atoms with Gasteiger partial charge in [0.05, 0.1) is 6.10 Å². The molecule has 2 rings (SSSR count). The monoisotopic (exact) mass is 227 g/mol. The fourth-order valence-electron chi connectivity index (χ4n) is 1.70. The van der Waals surface area contributed by atoms with Gasteiger partial charge in [-0.1, -0.05) is 24.3 Å². The summed E-state index contributed by atoms with van der Waals surface area (Å²) in [6.45, 7) is 4.05. The Labute approximate surface area is 102 Å². The lowest BCUT2D eigenvalue weighted by Gasteiger charge is -2.11. The van der Waals surface area contributed by atoms with E-state index in [1.54, 1.807) is 0 Å². The minimum absolute atomic E-state index is 0.191. The first-order chi connectivity index (χ1) is 8.15. The summed E-state index contributed by atoms with van der Waals surface area (Å²) in [5.74, 6) is 0.898. The van der Waals surface area contributed by atoms with E-state index in [0.717, 1.165) is 22.6 Å². The predicted octanol–water partition coefficient (Wildman–Crippen LogP) is 3.72. The van der Waals surface area contributed by atoms with Crippen molar-refractivity contribution in [3.05, 3.63) is 48.5 Å². The maximum absolute atomic E-state index is 5.68. The third-order valence-corrected chi connectivity index (χ3v) is 2.45. The molecule has 0 saturated heterocycles. The van der Waals surface area contributed by atoms with E-state index in [-0.39, 0.29) is 6.10 Å². The molecule has 0 saturated carbocycles. The van der Waals surface area contributed by atoms with Gasteiger partial charge in [-0.05, 0) is 49.2 Å². The lowest BCUT2D eigenvalue weighted by atomic mass is 10.1. The maximum atomic E-state index is 5.68. The Bertz CT molecular complexity index is 489. The Hall–Kier alpha value is -1.96. The van der Waals surface area contributed by atoms with Gasteiger partial charge in [-0.15, -0.1) is 0 Å². The molecule has 2 aromatic carbocycles. The van der Waals surface area contributed by atoms with Gasteiger partial charge in [-0.3, -0.25) is 0 Å². The van der Waals surface area contributed by atoms with Crippen molar-refractivity contribution in [1.82, 2.24) is 0 Å². The highest BCUT2D eigenvalue weighted by atomic mass is 16.5. The zero-order valence-electron chi connectivity index (χ0n) is 10.2. The summed E-state index contributed by atoms with van der Waals surface area (Å²) in [4.78, 5) is 0. The van der Waals surface area contributed by atoms with Crippen LogP contribution in [0.2, 0.25) is 0 Å². The molecule has 2 aromatic rings. The van der Waals surface area contributed by atoms with Crippen LogP contribution in [-0.2, 0) is 0 Å². The van der Waals surface area contributed by atoms with Crippen molar-refractivity contribution < 1.29 is 4.74 Å². The molecule has 0 amide bonds. The van der Waals surface area contributed by atoms with E-state index in [9.17, 15) is 0 Å². The minimum atomic E-state index is 0.191. The Kier molecular flexibility index (Phi) is 3.33. The van der Waals surface area contributed by atoms with Gasteiger partial charge in [-0.2, -0.15) is 0 Å². The molecular formula is C15H17NO. The van der Waals surface area contributed by atoms with E-state index in [0.29, 0.717) is 0 Å². The van der Waals surface area contributed by atoms with Crippen LogP contribution in [0.4, 0.5) is 5.69 Å². The topological polar surface area (TPSA) is 35.2 Å². The summed E-state index contributed by atoms with van der Waals surface area (Å²) in [6, 6.07) is 15.9. The zero-order valence-corrected chi connectivity index (χ0v) is 10.2. The fourth-order valence-corrected chi connectivity index (χ4v) is 1.70. The van der Waals surface area contributed by atoms with Gasteiger partial charge in [0, 0.05) is 5.69 Å². The number of nitrogen functional groups attached to an aromatic ring is 1. The Morgan fingerprint density at radius 3 is 2.29 bits per heavy atom. The van der Waals surface area contributed by atoms with Crippen LogP contribution in [0.5, 0.6) is 5.75 Å². The molecule has 0 radical (unpaired) electrons. The lowest BCUT2D eigenvalue weighted by Crippen LogP contribution is -2.05. The molecule has 2 nitrogen and oxygen atoms in total. The smallest absolute Gasteiger partial charge is 0.120 e. The molecule has 2 N–H and O–H groups in total. The number of rotatable bonds is 3. The summed E-state index contributed by atoms with van der Waals surface area (Å²) < 4.78 is 5.68. The Balaban J connectivity index is 2.29. The fraction of sp³-hybridized carbons (Fsp3) is 0.200. The molecule has 0 bridgehead atoms. The number of nitrogens with two attached hydrogens (primary N) is 1. The first kappa shape index (κ1) is 11.5. The molecule has 2 heteroatoms. The normalized spacial score (nSPS) is 10.5. The molecule has 88 valence electrons. The van der Waals surface area contributed by atoms with E-state index in [4.69, 9.17) is 10.5 Å². The summed E-state index contributed by atoms with van der Waals surface area (Å²) >= 11 is 0. The summed E-state index contributed by atoms with van der Waals surface area (Å²) in [6.07, 6.45) is 0.191. The van der Waals surface area contributed by atoms with Crippen LogP contribution in [0.1, 0.15) is 13.8 Å². The molecular weight excluding hydrogens is 210 g/mol. The van der Waals surface area contributed by atoms with Crippen LogP contribution in [0.25, 0.3) is 11.1 Å². The SMILES string of the molecule is CC(C)Oc1cccc(-c2ccc(N)cc2)c1. The van der Waals surface area contributed by atoms with E-state index >= 15 is 0 Å². The second-order valence-electron chi connectivity index (χ2n) is 4.32. The van der Waals surface area contributed by atoms with Crippen molar-refractivity contribution in [1.29, 1.82) is 0 Å². The molecule has 0 heterocycles. The van der Waals surface area contributed by atoms with Gasteiger partial charge in [-0.25, -0.2) is 0 Å². The average molecular weight is 227 g/mol. The number of hydrogen-bond acceptors (Lipinski definition) is 2. The van der Waals surface area contributed by atoms with E-state index in [1.807, 2.05) is 56.3 Å². The van der Waals surface area contributed by atoms with Crippen molar-refractivity contribution in [2.75, 3.05) is 5.73 Å². The second kappa shape index (κ2) is 4.91. The highest BCUT2D eigenvalue weighted by Gasteiger charge is 2.01. The van der Waals surface area contributed by atoms with Crippen LogP contribution in [0, 0.1) is 0 Å². The molecule has 0 atom stereocenters. The first-order valence-corrected chi connectivity index (χ1v) is 5.78. The second-order valence-corrected chi connectivity index (χ2v) is 4.32. The van der Waals surface area contributed by atoms with Crippen LogP contribution < -0.4 is 10.5 Å². The maximum Gasteiger partial charge on any atom is 0.120 e. The van der Waals surface area contributed by atoms with Gasteiger partial charge in [0.25, 0.3) is 0 Å². The molecule has 0 aliphatic heterocycles. The minimum Gasteiger partial charge on any atom is -0.491 e. The van der Waals surface area contributed by atoms with Gasteiger partial charge in [0.2, 0.25) is 0 Å². The van der Waals surface area contributed by atoms with Crippen LogP contribution in [0.3, 0.4) is 0 Å². The molecule has 17 heavy (non-hydrogen) atoms. The van der Waals surface area contributed by atoms with Crippen molar-refractivity contribution in [2.45, 2.75) is 20.0 Å². The quantitative estimate of drug-likeness (QED) is 0.811. The molecule has 0 aliphatic carbocycles. The van der Waals surface area contributed by atoms with E-state index in [2.05, 4.69) is 6.07 Å². The summed E-state index contributed by atoms with van der Waals surface area (Å²) in [7, 11) is 0.